The Morgan fingerprint density at radius 3 is 1.87 bits per heavy atom. The monoisotopic (exact) mass is 448 g/mol. The summed E-state index contributed by atoms with van der Waals surface area (Å²) in [5, 5.41) is 59.7. The number of methoxy groups -OCH3 is 2. The van der Waals surface area contributed by atoms with E-state index in [0.717, 1.165) is 0 Å². The normalized spacial score (nSPS) is 38.1. The third kappa shape index (κ3) is 4.87. The van der Waals surface area contributed by atoms with E-state index in [1.165, 1.54) is 14.2 Å². The highest BCUT2D eigenvalue weighted by atomic mass is 16.7. The van der Waals surface area contributed by atoms with Crippen molar-refractivity contribution in [2.75, 3.05) is 27.4 Å². The van der Waals surface area contributed by atoms with Crippen LogP contribution in [-0.4, -0.2) is 113 Å². The summed E-state index contributed by atoms with van der Waals surface area (Å²) in [6.07, 6.45) is -12.5. The molecule has 12 nitrogen and oxygen atoms in total. The molecule has 9 atom stereocenters. The molecule has 0 spiro atoms. The van der Waals surface area contributed by atoms with Crippen molar-refractivity contribution in [3.8, 4) is 17.2 Å². The van der Waals surface area contributed by atoms with E-state index in [1.807, 2.05) is 0 Å². The van der Waals surface area contributed by atoms with Gasteiger partial charge < -0.3 is 59.1 Å². The van der Waals surface area contributed by atoms with Gasteiger partial charge in [0.2, 0.25) is 12.0 Å². The highest BCUT2D eigenvalue weighted by Gasteiger charge is 2.48. The molecule has 2 heterocycles. The Kier molecular flexibility index (Phi) is 7.91. The fourth-order valence-corrected chi connectivity index (χ4v) is 3.39. The molecule has 12 heteroatoms. The van der Waals surface area contributed by atoms with Gasteiger partial charge in [0.25, 0.3) is 0 Å². The van der Waals surface area contributed by atoms with Crippen LogP contribution in [0, 0.1) is 0 Å². The van der Waals surface area contributed by atoms with Crippen LogP contribution < -0.4 is 14.2 Å². The molecule has 1 aromatic carbocycles. The molecule has 0 aliphatic carbocycles. The van der Waals surface area contributed by atoms with Crippen molar-refractivity contribution in [3.05, 3.63) is 18.2 Å². The second-order valence-corrected chi connectivity index (χ2v) is 7.16. The van der Waals surface area contributed by atoms with Crippen LogP contribution in [0.3, 0.4) is 0 Å². The van der Waals surface area contributed by atoms with Gasteiger partial charge >= 0.3 is 0 Å². The van der Waals surface area contributed by atoms with Gasteiger partial charge in [-0.3, -0.25) is 0 Å². The average Bonchev–Trinajstić information content (AvgIpc) is 3.06. The predicted molar refractivity (Wildman–Crippen MR) is 101 cm³/mol. The number of aliphatic hydroxyl groups is 6. The van der Waals surface area contributed by atoms with Gasteiger partial charge in [0.1, 0.15) is 42.7 Å². The van der Waals surface area contributed by atoms with Gasteiger partial charge in [0, 0.05) is 0 Å². The number of hydrogen-bond donors (Lipinski definition) is 6. The summed E-state index contributed by atoms with van der Waals surface area (Å²) in [6, 6.07) is 4.86. The number of benzene rings is 1. The quantitative estimate of drug-likeness (QED) is 0.244. The van der Waals surface area contributed by atoms with Gasteiger partial charge in [-0.15, -0.1) is 0 Å². The smallest absolute Gasteiger partial charge is 0.229 e. The second-order valence-electron chi connectivity index (χ2n) is 7.16. The molecule has 6 N–H and O–H groups in total. The van der Waals surface area contributed by atoms with Crippen LogP contribution in [0.25, 0.3) is 0 Å². The highest BCUT2D eigenvalue weighted by molar-refractivity contribution is 5.51. The zero-order valence-electron chi connectivity index (χ0n) is 17.0. The Bertz CT molecular complexity index is 695. The Morgan fingerprint density at radius 2 is 1.32 bits per heavy atom. The SMILES string of the molecule is COc1cccc(OC)c1OC1OC(COC2OC(CO)C(O)C2O)C(O)C(O)C1O. The number of ether oxygens (including phenoxy) is 6. The molecule has 0 saturated carbocycles. The van der Waals surface area contributed by atoms with E-state index in [0.29, 0.717) is 0 Å². The lowest BCUT2D eigenvalue weighted by Crippen LogP contribution is -2.60. The summed E-state index contributed by atoms with van der Waals surface area (Å²) in [5.74, 6) is 0.688. The Hall–Kier alpha value is -1.74. The summed E-state index contributed by atoms with van der Waals surface area (Å²) in [4.78, 5) is 0. The highest BCUT2D eigenvalue weighted by Crippen LogP contribution is 2.39. The third-order valence-electron chi connectivity index (χ3n) is 5.21. The molecule has 1 aromatic rings. The first-order chi connectivity index (χ1) is 14.8. The Balaban J connectivity index is 1.70. The van der Waals surface area contributed by atoms with Gasteiger partial charge in [-0.1, -0.05) is 6.07 Å². The predicted octanol–water partition coefficient (Wildman–Crippen LogP) is -2.65. The maximum absolute atomic E-state index is 10.3. The van der Waals surface area contributed by atoms with E-state index in [-0.39, 0.29) is 23.9 Å². The zero-order chi connectivity index (χ0) is 22.7. The van der Waals surface area contributed by atoms with Crippen molar-refractivity contribution in [2.45, 2.75) is 55.3 Å². The van der Waals surface area contributed by atoms with Crippen LogP contribution in [-0.2, 0) is 14.2 Å². The van der Waals surface area contributed by atoms with Crippen LogP contribution in [0.4, 0.5) is 0 Å². The maximum atomic E-state index is 10.3. The summed E-state index contributed by atoms with van der Waals surface area (Å²) in [6.45, 7) is -0.914. The summed E-state index contributed by atoms with van der Waals surface area (Å²) in [5.41, 5.74) is 0. The average molecular weight is 448 g/mol. The summed E-state index contributed by atoms with van der Waals surface area (Å²) < 4.78 is 32.3. The van der Waals surface area contributed by atoms with E-state index >= 15 is 0 Å². The van der Waals surface area contributed by atoms with Crippen LogP contribution in [0.2, 0.25) is 0 Å². The molecule has 2 fully saturated rings. The van der Waals surface area contributed by atoms with Gasteiger partial charge in [-0.05, 0) is 12.1 Å². The van der Waals surface area contributed by atoms with E-state index in [4.69, 9.17) is 33.5 Å². The van der Waals surface area contributed by atoms with Gasteiger partial charge in [0.15, 0.2) is 17.8 Å². The fourth-order valence-electron chi connectivity index (χ4n) is 3.39. The lowest BCUT2D eigenvalue weighted by Gasteiger charge is -2.40. The minimum Gasteiger partial charge on any atom is -0.493 e. The van der Waals surface area contributed by atoms with Crippen LogP contribution in [0.15, 0.2) is 18.2 Å². The maximum Gasteiger partial charge on any atom is 0.229 e. The molecule has 9 unspecified atom stereocenters. The fraction of sp³-hybridized carbons (Fsp3) is 0.684. The number of rotatable bonds is 8. The molecule has 0 radical (unpaired) electrons. The topological polar surface area (TPSA) is 177 Å². The molecule has 0 aromatic heterocycles. The lowest BCUT2D eigenvalue weighted by atomic mass is 9.99. The van der Waals surface area contributed by atoms with Crippen LogP contribution in [0.5, 0.6) is 17.2 Å². The Labute approximate surface area is 178 Å². The van der Waals surface area contributed by atoms with Crippen molar-refractivity contribution < 1.29 is 59.1 Å². The standard InChI is InChI=1S/C19H28O12/c1-26-8-4-3-5-9(27-2)17(8)31-19-16(25)14(23)13(22)11(30-19)7-28-18-15(24)12(21)10(6-20)29-18/h3-5,10-16,18-25H,6-7H2,1-2H3. The molecular formula is C19H28O12. The number of hydrogen-bond acceptors (Lipinski definition) is 12. The first-order valence-corrected chi connectivity index (χ1v) is 9.63. The van der Waals surface area contributed by atoms with Crippen LogP contribution >= 0.6 is 0 Å². The van der Waals surface area contributed by atoms with E-state index in [2.05, 4.69) is 0 Å². The molecule has 2 aliphatic rings. The largest absolute Gasteiger partial charge is 0.493 e. The molecule has 0 amide bonds. The van der Waals surface area contributed by atoms with Crippen LogP contribution in [0.1, 0.15) is 0 Å². The molecule has 176 valence electrons. The van der Waals surface area contributed by atoms with E-state index in [1.54, 1.807) is 18.2 Å². The molecule has 3 rings (SSSR count). The molecule has 0 bridgehead atoms. The van der Waals surface area contributed by atoms with E-state index < -0.39 is 61.9 Å². The summed E-state index contributed by atoms with van der Waals surface area (Å²) >= 11 is 0. The Morgan fingerprint density at radius 1 is 0.774 bits per heavy atom. The van der Waals surface area contributed by atoms with Crippen molar-refractivity contribution in [2.24, 2.45) is 0 Å². The second kappa shape index (κ2) is 10.3. The third-order valence-corrected chi connectivity index (χ3v) is 5.21. The van der Waals surface area contributed by atoms with Crippen molar-refractivity contribution in [3.63, 3.8) is 0 Å². The van der Waals surface area contributed by atoms with E-state index in [9.17, 15) is 25.5 Å². The van der Waals surface area contributed by atoms with Crippen molar-refractivity contribution in [1.29, 1.82) is 0 Å². The molecule has 2 saturated heterocycles. The molecule has 31 heavy (non-hydrogen) atoms. The summed E-state index contributed by atoms with van der Waals surface area (Å²) in [7, 11) is 2.83. The molecule has 2 aliphatic heterocycles. The van der Waals surface area contributed by atoms with Gasteiger partial charge in [-0.2, -0.15) is 0 Å². The van der Waals surface area contributed by atoms with Crippen molar-refractivity contribution >= 4 is 0 Å². The lowest BCUT2D eigenvalue weighted by molar-refractivity contribution is -0.290. The minimum absolute atomic E-state index is 0.114. The number of aliphatic hydroxyl groups excluding tert-OH is 6. The first-order valence-electron chi connectivity index (χ1n) is 9.63. The van der Waals surface area contributed by atoms with Gasteiger partial charge in [0.05, 0.1) is 27.4 Å². The minimum atomic E-state index is -1.64. The molecular weight excluding hydrogens is 420 g/mol. The van der Waals surface area contributed by atoms with Crippen molar-refractivity contribution in [1.82, 2.24) is 0 Å². The zero-order valence-corrected chi connectivity index (χ0v) is 17.0. The number of para-hydroxylation sites is 1. The van der Waals surface area contributed by atoms with Gasteiger partial charge in [-0.25, -0.2) is 0 Å². The first kappa shape index (κ1) is 23.9.